The zero-order valence-corrected chi connectivity index (χ0v) is 20.7. The SMILES string of the molecule is CC[C@H](C)n1c(CCOCc2ccccc2)ccc1C(=O)Nc1cc([C@H]2C[C@H]2C(=O)O)ccc1C. The maximum atomic E-state index is 13.3. The first kappa shape index (κ1) is 24.7. The van der Waals surface area contributed by atoms with E-state index in [1.54, 1.807) is 0 Å². The molecule has 1 amide bonds. The Kier molecular flexibility index (Phi) is 7.71. The van der Waals surface area contributed by atoms with E-state index in [-0.39, 0.29) is 23.8 Å². The number of rotatable bonds is 11. The number of anilines is 1. The number of ether oxygens (including phenoxy) is 1. The van der Waals surface area contributed by atoms with Crippen LogP contribution in [0.25, 0.3) is 0 Å². The summed E-state index contributed by atoms with van der Waals surface area (Å²) in [5.74, 6) is -1.22. The number of carboxylic acid groups (broad SMARTS) is 1. The molecule has 6 heteroatoms. The van der Waals surface area contributed by atoms with Crippen molar-refractivity contribution in [1.29, 1.82) is 0 Å². The molecule has 1 saturated carbocycles. The molecule has 0 saturated heterocycles. The molecule has 3 aromatic rings. The standard InChI is InChI=1S/C29H34N2O4/c1-4-20(3)31-23(14-15-35-18-21-8-6-5-7-9-21)12-13-27(31)28(32)30-26-16-22(11-10-19(26)2)24-17-25(24)29(33)34/h5-13,16,20,24-25H,4,14-15,17-18H2,1-3H3,(H,30,32)(H,33,34)/t20-,24+,25+/m0/s1. The van der Waals surface area contributed by atoms with Gasteiger partial charge >= 0.3 is 5.97 Å². The molecule has 1 heterocycles. The van der Waals surface area contributed by atoms with Crippen LogP contribution in [0.4, 0.5) is 5.69 Å². The Bertz CT molecular complexity index is 1180. The number of benzene rings is 2. The Balaban J connectivity index is 1.45. The van der Waals surface area contributed by atoms with E-state index in [2.05, 4.69) is 23.7 Å². The fraction of sp³-hybridized carbons (Fsp3) is 0.379. The van der Waals surface area contributed by atoms with E-state index in [0.717, 1.165) is 40.9 Å². The Morgan fingerprint density at radius 2 is 1.91 bits per heavy atom. The molecule has 0 spiro atoms. The van der Waals surface area contributed by atoms with E-state index in [1.165, 1.54) is 0 Å². The van der Waals surface area contributed by atoms with Crippen molar-refractivity contribution in [3.8, 4) is 0 Å². The van der Waals surface area contributed by atoms with E-state index in [1.807, 2.05) is 67.6 Å². The van der Waals surface area contributed by atoms with Gasteiger partial charge in [0.1, 0.15) is 5.69 Å². The van der Waals surface area contributed by atoms with Gasteiger partial charge in [0.15, 0.2) is 0 Å². The highest BCUT2D eigenvalue weighted by molar-refractivity contribution is 6.03. The van der Waals surface area contributed by atoms with Crippen LogP contribution >= 0.6 is 0 Å². The second-order valence-electron chi connectivity index (χ2n) is 9.44. The second kappa shape index (κ2) is 10.9. The number of amides is 1. The molecule has 0 bridgehead atoms. The van der Waals surface area contributed by atoms with Gasteiger partial charge in [0.25, 0.3) is 5.91 Å². The van der Waals surface area contributed by atoms with Crippen molar-refractivity contribution in [3.05, 3.63) is 88.7 Å². The minimum Gasteiger partial charge on any atom is -0.481 e. The Morgan fingerprint density at radius 3 is 2.60 bits per heavy atom. The van der Waals surface area contributed by atoms with Crippen molar-refractivity contribution in [2.24, 2.45) is 5.92 Å². The van der Waals surface area contributed by atoms with Gasteiger partial charge in [-0.2, -0.15) is 0 Å². The van der Waals surface area contributed by atoms with Crippen molar-refractivity contribution in [2.45, 2.75) is 58.6 Å². The minimum absolute atomic E-state index is 0.0233. The lowest BCUT2D eigenvalue weighted by molar-refractivity contribution is -0.138. The van der Waals surface area contributed by atoms with E-state index >= 15 is 0 Å². The quantitative estimate of drug-likeness (QED) is 0.336. The number of aromatic nitrogens is 1. The molecule has 1 fully saturated rings. The van der Waals surface area contributed by atoms with Crippen LogP contribution in [0.3, 0.4) is 0 Å². The zero-order valence-electron chi connectivity index (χ0n) is 20.7. The topological polar surface area (TPSA) is 80.6 Å². The summed E-state index contributed by atoms with van der Waals surface area (Å²) in [4.78, 5) is 24.6. The summed E-state index contributed by atoms with van der Waals surface area (Å²) in [5, 5.41) is 12.3. The van der Waals surface area contributed by atoms with Gasteiger partial charge in [0.05, 0.1) is 19.1 Å². The molecule has 184 valence electrons. The molecular weight excluding hydrogens is 440 g/mol. The summed E-state index contributed by atoms with van der Waals surface area (Å²) in [5.41, 5.74) is 5.48. The third kappa shape index (κ3) is 5.82. The van der Waals surface area contributed by atoms with Crippen molar-refractivity contribution < 1.29 is 19.4 Å². The lowest BCUT2D eigenvalue weighted by atomic mass is 10.0. The van der Waals surface area contributed by atoms with Gasteiger partial charge in [-0.1, -0.05) is 49.4 Å². The molecular formula is C29H34N2O4. The molecule has 1 aliphatic rings. The van der Waals surface area contributed by atoms with Crippen LogP contribution < -0.4 is 5.32 Å². The van der Waals surface area contributed by atoms with Crippen LogP contribution in [-0.4, -0.2) is 28.2 Å². The summed E-state index contributed by atoms with van der Waals surface area (Å²) < 4.78 is 8.00. The van der Waals surface area contributed by atoms with Crippen molar-refractivity contribution in [1.82, 2.24) is 4.57 Å². The van der Waals surface area contributed by atoms with Crippen LogP contribution in [0, 0.1) is 12.8 Å². The number of hydrogen-bond acceptors (Lipinski definition) is 3. The lowest BCUT2D eigenvalue weighted by Gasteiger charge is -2.20. The first-order valence-corrected chi connectivity index (χ1v) is 12.4. The number of aryl methyl sites for hydroxylation is 1. The molecule has 1 aromatic heterocycles. The molecule has 2 aromatic carbocycles. The Hall–Kier alpha value is -3.38. The van der Waals surface area contributed by atoms with Crippen LogP contribution in [0.2, 0.25) is 0 Å². The number of carbonyl (C=O) groups is 2. The normalized spacial score (nSPS) is 17.7. The number of nitrogens with zero attached hydrogens (tertiary/aromatic N) is 1. The van der Waals surface area contributed by atoms with Crippen LogP contribution in [0.1, 0.15) is 71.5 Å². The molecule has 3 atom stereocenters. The third-order valence-corrected chi connectivity index (χ3v) is 6.93. The van der Waals surface area contributed by atoms with Gasteiger partial charge in [-0.25, -0.2) is 0 Å². The Labute approximate surface area is 206 Å². The van der Waals surface area contributed by atoms with E-state index in [9.17, 15) is 14.7 Å². The van der Waals surface area contributed by atoms with Crippen LogP contribution in [0.15, 0.2) is 60.7 Å². The zero-order chi connectivity index (χ0) is 24.9. The van der Waals surface area contributed by atoms with Gasteiger partial charge in [0.2, 0.25) is 0 Å². The highest BCUT2D eigenvalue weighted by atomic mass is 16.5. The largest absolute Gasteiger partial charge is 0.481 e. The number of aliphatic carboxylic acids is 1. The summed E-state index contributed by atoms with van der Waals surface area (Å²) in [6.07, 6.45) is 2.27. The maximum Gasteiger partial charge on any atom is 0.307 e. The second-order valence-corrected chi connectivity index (χ2v) is 9.44. The smallest absolute Gasteiger partial charge is 0.307 e. The van der Waals surface area contributed by atoms with Gasteiger partial charge in [0, 0.05) is 23.8 Å². The first-order chi connectivity index (χ1) is 16.9. The van der Waals surface area contributed by atoms with Gasteiger partial charge in [-0.05, 0) is 67.5 Å². The molecule has 6 nitrogen and oxygen atoms in total. The number of carbonyl (C=O) groups excluding carboxylic acids is 1. The summed E-state index contributed by atoms with van der Waals surface area (Å²) >= 11 is 0. The molecule has 2 N–H and O–H groups in total. The summed E-state index contributed by atoms with van der Waals surface area (Å²) in [6, 6.07) is 20.0. The third-order valence-electron chi connectivity index (χ3n) is 6.93. The molecule has 35 heavy (non-hydrogen) atoms. The van der Waals surface area contributed by atoms with E-state index in [0.29, 0.717) is 25.3 Å². The highest BCUT2D eigenvalue weighted by Gasteiger charge is 2.44. The molecule has 0 aliphatic heterocycles. The predicted octanol–water partition coefficient (Wildman–Crippen LogP) is 5.97. The van der Waals surface area contributed by atoms with Crippen LogP contribution in [0.5, 0.6) is 0 Å². The first-order valence-electron chi connectivity index (χ1n) is 12.4. The predicted molar refractivity (Wildman–Crippen MR) is 137 cm³/mol. The van der Waals surface area contributed by atoms with Gasteiger partial charge in [-0.3, -0.25) is 9.59 Å². The molecule has 0 radical (unpaired) electrons. The van der Waals surface area contributed by atoms with E-state index < -0.39 is 5.97 Å². The molecule has 1 aliphatic carbocycles. The lowest BCUT2D eigenvalue weighted by Crippen LogP contribution is -2.21. The van der Waals surface area contributed by atoms with Crippen LogP contribution in [-0.2, 0) is 22.6 Å². The number of hydrogen-bond donors (Lipinski definition) is 2. The van der Waals surface area contributed by atoms with Crippen molar-refractivity contribution >= 4 is 17.6 Å². The van der Waals surface area contributed by atoms with Gasteiger partial charge < -0.3 is 19.7 Å². The summed E-state index contributed by atoms with van der Waals surface area (Å²) in [6.45, 7) is 7.33. The van der Waals surface area contributed by atoms with Crippen molar-refractivity contribution in [3.63, 3.8) is 0 Å². The van der Waals surface area contributed by atoms with E-state index in [4.69, 9.17) is 4.74 Å². The maximum absolute atomic E-state index is 13.3. The Morgan fingerprint density at radius 1 is 1.14 bits per heavy atom. The highest BCUT2D eigenvalue weighted by Crippen LogP contribution is 2.48. The fourth-order valence-electron chi connectivity index (χ4n) is 4.55. The molecule has 4 rings (SSSR count). The summed E-state index contributed by atoms with van der Waals surface area (Å²) in [7, 11) is 0. The van der Waals surface area contributed by atoms with Crippen molar-refractivity contribution in [2.75, 3.05) is 11.9 Å². The minimum atomic E-state index is -0.757. The fourth-order valence-corrected chi connectivity index (χ4v) is 4.55. The van der Waals surface area contributed by atoms with Gasteiger partial charge in [-0.15, -0.1) is 0 Å². The monoisotopic (exact) mass is 474 g/mol. The number of carboxylic acids is 1. The average molecular weight is 475 g/mol. The average Bonchev–Trinajstić information content (AvgIpc) is 3.56. The molecule has 0 unspecified atom stereocenters. The number of nitrogens with one attached hydrogen (secondary N) is 1.